The van der Waals surface area contributed by atoms with E-state index in [0.29, 0.717) is 5.69 Å². The Hall–Kier alpha value is -4.85. The molecule has 4 N–H and O–H groups in total. The van der Waals surface area contributed by atoms with E-state index in [-0.39, 0.29) is 17.2 Å². The number of rotatable bonds is 8. The minimum atomic E-state index is -1.20. The Morgan fingerprint density at radius 1 is 1.16 bits per heavy atom. The average molecular weight is 503 g/mol. The van der Waals surface area contributed by atoms with E-state index in [1.807, 2.05) is 80.6 Å². The van der Waals surface area contributed by atoms with Gasteiger partial charge in [0.25, 0.3) is 0 Å². The first-order chi connectivity index (χ1) is 17.7. The third-order valence-corrected chi connectivity index (χ3v) is 5.92. The minimum Gasteiger partial charge on any atom is -0.465 e. The molecule has 2 aromatic heterocycles. The number of fused-ring (bicyclic) bond motifs is 1. The second-order valence-electron chi connectivity index (χ2n) is 8.80. The summed E-state index contributed by atoms with van der Waals surface area (Å²) in [5.74, 6) is 0.0855. The topological polar surface area (TPSA) is 131 Å². The van der Waals surface area contributed by atoms with Crippen LogP contribution in [0.25, 0.3) is 10.9 Å². The summed E-state index contributed by atoms with van der Waals surface area (Å²) in [7, 11) is 5.66. The number of carbonyl (C=O) groups is 1. The number of nitriles is 1. The highest BCUT2D eigenvalue weighted by molar-refractivity contribution is 5.93. The van der Waals surface area contributed by atoms with E-state index in [0.717, 1.165) is 28.4 Å². The largest absolute Gasteiger partial charge is 0.465 e. The van der Waals surface area contributed by atoms with Crippen molar-refractivity contribution < 1.29 is 14.3 Å². The van der Waals surface area contributed by atoms with E-state index in [4.69, 9.17) is 0 Å². The molecule has 190 valence electrons. The number of aromatic nitrogens is 3. The summed E-state index contributed by atoms with van der Waals surface area (Å²) in [6.07, 6.45) is -1.20. The molecule has 0 radical (unpaired) electrons. The summed E-state index contributed by atoms with van der Waals surface area (Å²) in [5.41, 5.74) is 2.33. The van der Waals surface area contributed by atoms with Crippen molar-refractivity contribution in [2.24, 2.45) is 7.05 Å². The van der Waals surface area contributed by atoms with Crippen molar-refractivity contribution >= 4 is 40.1 Å². The second-order valence-corrected chi connectivity index (χ2v) is 8.80. The zero-order chi connectivity index (χ0) is 26.7. The molecular weight excluding hydrogens is 475 g/mol. The van der Waals surface area contributed by atoms with Gasteiger partial charge in [-0.05, 0) is 36.8 Å². The van der Waals surface area contributed by atoms with Gasteiger partial charge in [-0.15, -0.1) is 0 Å². The fourth-order valence-corrected chi connectivity index (χ4v) is 4.15. The van der Waals surface area contributed by atoms with E-state index in [2.05, 4.69) is 26.0 Å². The van der Waals surface area contributed by atoms with Crippen LogP contribution < -0.4 is 20.9 Å². The lowest BCUT2D eigenvalue weighted by atomic mass is 10.0. The number of anilines is 4. The molecule has 4 aromatic rings. The van der Waals surface area contributed by atoms with E-state index in [9.17, 15) is 15.2 Å². The Bertz CT molecular complexity index is 1480. The van der Waals surface area contributed by atoms with E-state index in [1.54, 1.807) is 11.6 Å². The highest BCUT2D eigenvalue weighted by Gasteiger charge is 2.24. The predicted octanol–water partition coefficient (Wildman–Crippen LogP) is 4.60. The van der Waals surface area contributed by atoms with Gasteiger partial charge in [0, 0.05) is 32.2 Å². The molecule has 2 heterocycles. The maximum atomic E-state index is 15.1. The van der Waals surface area contributed by atoms with Gasteiger partial charge < -0.3 is 26.0 Å². The lowest BCUT2D eigenvalue weighted by Gasteiger charge is -2.26. The summed E-state index contributed by atoms with van der Waals surface area (Å²) in [4.78, 5) is 17.6. The zero-order valence-electron chi connectivity index (χ0n) is 20.8. The van der Waals surface area contributed by atoms with Crippen molar-refractivity contribution in [3.8, 4) is 6.07 Å². The Kier molecular flexibility index (Phi) is 7.11. The lowest BCUT2D eigenvalue weighted by Crippen LogP contribution is -2.39. The Morgan fingerprint density at radius 2 is 1.89 bits per heavy atom. The van der Waals surface area contributed by atoms with Crippen LogP contribution in [0, 0.1) is 17.1 Å². The molecule has 0 bridgehead atoms. The number of amides is 1. The summed E-state index contributed by atoms with van der Waals surface area (Å²) in [6, 6.07) is 16.5. The van der Waals surface area contributed by atoms with Crippen LogP contribution in [0.5, 0.6) is 0 Å². The van der Waals surface area contributed by atoms with Crippen LogP contribution in [0.4, 0.5) is 32.3 Å². The average Bonchev–Trinajstić information content (AvgIpc) is 3.20. The van der Waals surface area contributed by atoms with Crippen molar-refractivity contribution in [3.05, 3.63) is 71.5 Å². The van der Waals surface area contributed by atoms with Crippen molar-refractivity contribution in [1.29, 1.82) is 5.26 Å². The van der Waals surface area contributed by atoms with Gasteiger partial charge in [0.2, 0.25) is 0 Å². The number of hydrogen-bond acceptors (Lipinski definition) is 7. The first kappa shape index (κ1) is 25.2. The smallest absolute Gasteiger partial charge is 0.404 e. The number of carboxylic acid groups (broad SMARTS) is 1. The van der Waals surface area contributed by atoms with Crippen LogP contribution >= 0.6 is 0 Å². The summed E-state index contributed by atoms with van der Waals surface area (Å²) in [5, 5.41) is 32.9. The third-order valence-electron chi connectivity index (χ3n) is 5.92. The maximum Gasteiger partial charge on any atom is 0.404 e. The number of nitrogens with one attached hydrogen (secondary N) is 3. The van der Waals surface area contributed by atoms with Gasteiger partial charge in [-0.25, -0.2) is 14.2 Å². The predicted molar refractivity (Wildman–Crippen MR) is 141 cm³/mol. The standard InChI is InChI=1S/C26H27FN8O2/c1-15(29-26(36)37)22(16-8-6-5-7-9-16)31-24-20(27)12-17(14-28)23(32-24)30-18-10-11-21-19(13-18)25(34(2)3)33-35(21)4/h5-13,15,22,29H,1-4H3,(H,36,37)(H2,30,31,32)/t15-,22+/m0/s1. The molecule has 0 aliphatic carbocycles. The van der Waals surface area contributed by atoms with E-state index < -0.39 is 24.0 Å². The van der Waals surface area contributed by atoms with E-state index >= 15 is 4.39 Å². The highest BCUT2D eigenvalue weighted by atomic mass is 19.1. The minimum absolute atomic E-state index is 0.0233. The number of nitrogens with zero attached hydrogens (tertiary/aromatic N) is 5. The maximum absolute atomic E-state index is 15.1. The van der Waals surface area contributed by atoms with Crippen LogP contribution in [-0.4, -0.2) is 46.1 Å². The summed E-state index contributed by atoms with van der Waals surface area (Å²) in [6.45, 7) is 1.67. The van der Waals surface area contributed by atoms with Gasteiger partial charge in [0.15, 0.2) is 23.3 Å². The normalized spacial score (nSPS) is 12.4. The van der Waals surface area contributed by atoms with Crippen molar-refractivity contribution in [3.63, 3.8) is 0 Å². The van der Waals surface area contributed by atoms with Gasteiger partial charge in [-0.3, -0.25) is 4.68 Å². The van der Waals surface area contributed by atoms with Crippen LogP contribution in [0.3, 0.4) is 0 Å². The van der Waals surface area contributed by atoms with Crippen LogP contribution in [0.1, 0.15) is 24.1 Å². The molecule has 11 heteroatoms. The fourth-order valence-electron chi connectivity index (χ4n) is 4.15. The SMILES string of the molecule is C[C@H](NC(=O)O)[C@@H](Nc1nc(Nc2ccc3c(c2)c(N(C)C)nn3C)c(C#N)cc1F)c1ccccc1. The number of aryl methyl sites for hydroxylation is 1. The molecule has 10 nitrogen and oxygen atoms in total. The van der Waals surface area contributed by atoms with Crippen LogP contribution in [-0.2, 0) is 7.05 Å². The first-order valence-corrected chi connectivity index (χ1v) is 11.5. The van der Waals surface area contributed by atoms with Crippen LogP contribution in [0.15, 0.2) is 54.6 Å². The molecule has 2 atom stereocenters. The molecule has 0 unspecified atom stereocenters. The fraction of sp³-hybridized carbons (Fsp3) is 0.231. The molecular formula is C26H27FN8O2. The number of hydrogen-bond donors (Lipinski definition) is 4. The molecule has 37 heavy (non-hydrogen) atoms. The highest BCUT2D eigenvalue weighted by Crippen LogP contribution is 2.31. The number of pyridine rings is 1. The Labute approximate surface area is 213 Å². The Balaban J connectivity index is 1.71. The molecule has 0 fully saturated rings. The Morgan fingerprint density at radius 3 is 2.54 bits per heavy atom. The lowest BCUT2D eigenvalue weighted by molar-refractivity contribution is 0.189. The molecule has 0 spiro atoms. The third kappa shape index (κ3) is 5.38. The summed E-state index contributed by atoms with van der Waals surface area (Å²) < 4.78 is 16.8. The first-order valence-electron chi connectivity index (χ1n) is 11.5. The van der Waals surface area contributed by atoms with Gasteiger partial charge in [-0.2, -0.15) is 10.4 Å². The van der Waals surface area contributed by atoms with Crippen LogP contribution in [0.2, 0.25) is 0 Å². The van der Waals surface area contributed by atoms with E-state index in [1.165, 1.54) is 0 Å². The van der Waals surface area contributed by atoms with Gasteiger partial charge in [-0.1, -0.05) is 30.3 Å². The van der Waals surface area contributed by atoms with Crippen molar-refractivity contribution in [2.75, 3.05) is 29.6 Å². The zero-order valence-corrected chi connectivity index (χ0v) is 20.8. The van der Waals surface area contributed by atoms with Gasteiger partial charge in [0.05, 0.1) is 23.2 Å². The second kappa shape index (κ2) is 10.4. The van der Waals surface area contributed by atoms with Gasteiger partial charge >= 0.3 is 6.09 Å². The molecule has 0 aliphatic rings. The van der Waals surface area contributed by atoms with Gasteiger partial charge in [0.1, 0.15) is 6.07 Å². The molecule has 1 amide bonds. The molecule has 4 rings (SSSR count). The summed E-state index contributed by atoms with van der Waals surface area (Å²) >= 11 is 0. The molecule has 0 saturated carbocycles. The quantitative estimate of drug-likeness (QED) is 0.275. The molecule has 2 aromatic carbocycles. The molecule has 0 aliphatic heterocycles. The van der Waals surface area contributed by atoms with Crippen molar-refractivity contribution in [1.82, 2.24) is 20.1 Å². The molecule has 0 saturated heterocycles. The van der Waals surface area contributed by atoms with Crippen molar-refractivity contribution in [2.45, 2.75) is 19.0 Å². The number of halogens is 1. The monoisotopic (exact) mass is 502 g/mol. The number of benzene rings is 2.